The zero-order chi connectivity index (χ0) is 25.9. The molecule has 184 valence electrons. The van der Waals surface area contributed by atoms with Gasteiger partial charge in [-0.1, -0.05) is 18.2 Å². The van der Waals surface area contributed by atoms with Crippen LogP contribution >= 0.6 is 11.7 Å². The van der Waals surface area contributed by atoms with E-state index in [1.54, 1.807) is 42.5 Å². The third-order valence-electron chi connectivity index (χ3n) is 5.40. The summed E-state index contributed by atoms with van der Waals surface area (Å²) in [4.78, 5) is 26.2. The maximum Gasteiger partial charge on any atom is 0.190 e. The number of aliphatic carboxylic acids is 1. The molecule has 7 nitrogen and oxygen atoms in total. The SMILES string of the molecule is COc1ccc(C(=O)/C(Cc2ccc(OC(C)(C)C)cc2)=C(\C(=O)[O-])c2ccc3nsnc3c2)cc1. The Morgan fingerprint density at radius 1 is 0.861 bits per heavy atom. The number of rotatable bonds is 8. The van der Waals surface area contributed by atoms with Crippen LogP contribution < -0.4 is 14.6 Å². The first-order valence-corrected chi connectivity index (χ1v) is 12.0. The third kappa shape index (κ3) is 5.78. The summed E-state index contributed by atoms with van der Waals surface area (Å²) >= 11 is 1.03. The topological polar surface area (TPSA) is 101 Å². The first kappa shape index (κ1) is 25.1. The Bertz CT molecular complexity index is 1430. The summed E-state index contributed by atoms with van der Waals surface area (Å²) < 4.78 is 19.4. The molecule has 0 N–H and O–H groups in total. The smallest absolute Gasteiger partial charge is 0.190 e. The Morgan fingerprint density at radius 3 is 2.08 bits per heavy atom. The summed E-state index contributed by atoms with van der Waals surface area (Å²) in [6.45, 7) is 5.86. The molecule has 0 saturated carbocycles. The molecule has 0 aliphatic heterocycles. The fraction of sp³-hybridized carbons (Fsp3) is 0.214. The molecule has 1 aromatic heterocycles. The van der Waals surface area contributed by atoms with E-state index in [9.17, 15) is 14.7 Å². The lowest BCUT2D eigenvalue weighted by molar-refractivity contribution is -0.295. The van der Waals surface area contributed by atoms with Crippen LogP contribution in [0, 0.1) is 0 Å². The monoisotopic (exact) mass is 501 g/mol. The number of ether oxygens (including phenoxy) is 2. The lowest BCUT2D eigenvalue weighted by atomic mass is 9.89. The number of carbonyl (C=O) groups is 2. The van der Waals surface area contributed by atoms with Crippen LogP contribution in [-0.2, 0) is 11.2 Å². The number of Topliss-reactive ketones (excluding diaryl/α,β-unsaturated/α-hetero) is 1. The molecule has 0 fully saturated rings. The molecule has 0 unspecified atom stereocenters. The van der Waals surface area contributed by atoms with Crippen LogP contribution in [0.1, 0.15) is 42.3 Å². The van der Waals surface area contributed by atoms with Crippen molar-refractivity contribution in [3.8, 4) is 11.5 Å². The van der Waals surface area contributed by atoms with E-state index in [4.69, 9.17) is 9.47 Å². The van der Waals surface area contributed by atoms with Crippen LogP contribution in [0.15, 0.2) is 72.3 Å². The van der Waals surface area contributed by atoms with Gasteiger partial charge in [-0.2, -0.15) is 8.75 Å². The van der Waals surface area contributed by atoms with Crippen LogP contribution in [0.2, 0.25) is 0 Å². The summed E-state index contributed by atoms with van der Waals surface area (Å²) in [6.07, 6.45) is 0.0807. The van der Waals surface area contributed by atoms with E-state index < -0.39 is 11.8 Å². The van der Waals surface area contributed by atoms with Gasteiger partial charge in [0.25, 0.3) is 0 Å². The Kier molecular flexibility index (Phi) is 7.17. The highest BCUT2D eigenvalue weighted by Crippen LogP contribution is 2.28. The van der Waals surface area contributed by atoms with Gasteiger partial charge in [-0.05, 0) is 80.4 Å². The van der Waals surface area contributed by atoms with E-state index in [1.807, 2.05) is 45.0 Å². The first-order valence-electron chi connectivity index (χ1n) is 11.3. The number of methoxy groups -OCH3 is 1. The predicted octanol–water partition coefficient (Wildman–Crippen LogP) is 4.51. The minimum atomic E-state index is -1.44. The second-order valence-corrected chi connectivity index (χ2v) is 9.73. The minimum absolute atomic E-state index is 0.0807. The number of hydrogen-bond donors (Lipinski definition) is 0. The number of aromatic nitrogens is 2. The summed E-state index contributed by atoms with van der Waals surface area (Å²) in [6, 6.07) is 18.7. The second-order valence-electron chi connectivity index (χ2n) is 9.20. The molecule has 36 heavy (non-hydrogen) atoms. The van der Waals surface area contributed by atoms with Gasteiger partial charge in [-0.25, -0.2) is 0 Å². The number of ketones is 1. The zero-order valence-electron chi connectivity index (χ0n) is 20.4. The van der Waals surface area contributed by atoms with Crippen molar-refractivity contribution >= 4 is 40.1 Å². The number of hydrogen-bond acceptors (Lipinski definition) is 8. The molecule has 3 aromatic carbocycles. The number of carbonyl (C=O) groups excluding carboxylic acids is 2. The van der Waals surface area contributed by atoms with Gasteiger partial charge in [-0.15, -0.1) is 0 Å². The lowest BCUT2D eigenvalue weighted by Crippen LogP contribution is -2.27. The predicted molar refractivity (Wildman–Crippen MR) is 137 cm³/mol. The number of nitrogens with zero attached hydrogens (tertiary/aromatic N) is 2. The average Bonchev–Trinajstić information content (AvgIpc) is 3.31. The fourth-order valence-electron chi connectivity index (χ4n) is 3.78. The van der Waals surface area contributed by atoms with E-state index in [-0.39, 0.29) is 23.2 Å². The zero-order valence-corrected chi connectivity index (χ0v) is 21.2. The lowest BCUT2D eigenvalue weighted by Gasteiger charge is -2.21. The summed E-state index contributed by atoms with van der Waals surface area (Å²) in [5.74, 6) is -0.585. The van der Waals surface area contributed by atoms with Crippen molar-refractivity contribution in [2.75, 3.05) is 7.11 Å². The van der Waals surface area contributed by atoms with Gasteiger partial charge in [0.1, 0.15) is 28.1 Å². The van der Waals surface area contributed by atoms with Crippen molar-refractivity contribution in [3.63, 3.8) is 0 Å². The standard InChI is InChI=1S/C28H26N2O5S/c1-28(2,3)35-21-10-5-17(6-11-21)15-22(26(31)18-7-12-20(34-4)13-8-18)25(27(32)33)19-9-14-23-24(16-19)30-36-29-23/h5-14,16H,15H2,1-4H3,(H,32,33)/p-1/b25-22-. The van der Waals surface area contributed by atoms with Crippen LogP contribution in [0.5, 0.6) is 11.5 Å². The average molecular weight is 502 g/mol. The van der Waals surface area contributed by atoms with Crippen molar-refractivity contribution < 1.29 is 24.2 Å². The first-order chi connectivity index (χ1) is 17.1. The Morgan fingerprint density at radius 2 is 1.47 bits per heavy atom. The normalized spacial score (nSPS) is 12.2. The number of allylic oxidation sites excluding steroid dienone is 1. The van der Waals surface area contributed by atoms with Crippen molar-refractivity contribution in [1.29, 1.82) is 0 Å². The molecule has 4 rings (SSSR count). The van der Waals surface area contributed by atoms with E-state index in [0.29, 0.717) is 33.7 Å². The highest BCUT2D eigenvalue weighted by atomic mass is 32.1. The minimum Gasteiger partial charge on any atom is -0.545 e. The van der Waals surface area contributed by atoms with E-state index in [1.165, 1.54) is 7.11 Å². The molecule has 0 bridgehead atoms. The van der Waals surface area contributed by atoms with E-state index in [0.717, 1.165) is 17.3 Å². The largest absolute Gasteiger partial charge is 0.545 e. The maximum absolute atomic E-state index is 13.7. The highest BCUT2D eigenvalue weighted by molar-refractivity contribution is 7.00. The van der Waals surface area contributed by atoms with Crippen molar-refractivity contribution in [1.82, 2.24) is 8.75 Å². The van der Waals surface area contributed by atoms with Gasteiger partial charge in [0.2, 0.25) is 0 Å². The molecule has 8 heteroatoms. The maximum atomic E-state index is 13.7. The van der Waals surface area contributed by atoms with Gasteiger partial charge in [-0.3, -0.25) is 4.79 Å². The van der Waals surface area contributed by atoms with E-state index >= 15 is 0 Å². The summed E-state index contributed by atoms with van der Waals surface area (Å²) in [5.41, 5.74) is 2.20. The van der Waals surface area contributed by atoms with Gasteiger partial charge in [0.15, 0.2) is 5.78 Å². The summed E-state index contributed by atoms with van der Waals surface area (Å²) in [5, 5.41) is 12.5. The van der Waals surface area contributed by atoms with Gasteiger partial charge in [0, 0.05) is 23.1 Å². The quantitative estimate of drug-likeness (QED) is 0.259. The van der Waals surface area contributed by atoms with Crippen molar-refractivity contribution in [3.05, 3.63) is 89.0 Å². The van der Waals surface area contributed by atoms with Crippen molar-refractivity contribution in [2.45, 2.75) is 32.8 Å². The van der Waals surface area contributed by atoms with Gasteiger partial charge < -0.3 is 19.4 Å². The van der Waals surface area contributed by atoms with Gasteiger partial charge >= 0.3 is 0 Å². The number of benzene rings is 3. The molecule has 0 saturated heterocycles. The molecular weight excluding hydrogens is 476 g/mol. The Hall–Kier alpha value is -4.04. The molecule has 0 aliphatic rings. The molecule has 0 spiro atoms. The second kappa shape index (κ2) is 10.3. The highest BCUT2D eigenvalue weighted by Gasteiger charge is 2.21. The molecule has 0 radical (unpaired) electrons. The summed E-state index contributed by atoms with van der Waals surface area (Å²) in [7, 11) is 1.53. The Balaban J connectivity index is 1.81. The Labute approximate surface area is 213 Å². The molecule has 4 aromatic rings. The van der Waals surface area contributed by atoms with E-state index in [2.05, 4.69) is 8.75 Å². The van der Waals surface area contributed by atoms with Gasteiger partial charge in [0.05, 0.1) is 24.8 Å². The van der Waals surface area contributed by atoms with Crippen LogP contribution in [0.25, 0.3) is 16.6 Å². The molecular formula is C28H25N2O5S-. The molecule has 0 amide bonds. The number of carboxylic acids is 1. The number of carboxylic acid groups (broad SMARTS) is 1. The van der Waals surface area contributed by atoms with Crippen LogP contribution in [-0.4, -0.2) is 33.2 Å². The number of fused-ring (bicyclic) bond motifs is 1. The van der Waals surface area contributed by atoms with Crippen LogP contribution in [0.3, 0.4) is 0 Å². The van der Waals surface area contributed by atoms with Crippen LogP contribution in [0.4, 0.5) is 0 Å². The fourth-order valence-corrected chi connectivity index (χ4v) is 4.30. The van der Waals surface area contributed by atoms with Crippen molar-refractivity contribution in [2.24, 2.45) is 0 Å². The molecule has 1 heterocycles. The third-order valence-corrected chi connectivity index (χ3v) is 5.96. The molecule has 0 aliphatic carbocycles. The molecule has 0 atom stereocenters.